The number of nitrogens with one attached hydrogen (secondary N) is 1. The molecule has 20 heavy (non-hydrogen) atoms. The van der Waals surface area contributed by atoms with Gasteiger partial charge in [-0.05, 0) is 36.7 Å². The number of aromatic nitrogens is 2. The van der Waals surface area contributed by atoms with Gasteiger partial charge in [0.2, 0.25) is 5.28 Å². The van der Waals surface area contributed by atoms with Crippen molar-refractivity contribution in [1.82, 2.24) is 9.97 Å². The monoisotopic (exact) mass is 343 g/mol. The molecule has 0 radical (unpaired) electrons. The zero-order valence-electron chi connectivity index (χ0n) is 10.2. The fourth-order valence-corrected chi connectivity index (χ4v) is 3.44. The SMILES string of the molecule is Cc1cc2c(Nc3c(Cl)cccc3Cl)nc(Cl)nc2s1. The molecule has 0 unspecified atom stereocenters. The molecule has 0 aliphatic heterocycles. The van der Waals surface area contributed by atoms with Crippen molar-refractivity contribution in [1.29, 1.82) is 0 Å². The van der Waals surface area contributed by atoms with Crippen LogP contribution in [0.1, 0.15) is 4.88 Å². The van der Waals surface area contributed by atoms with Crippen LogP contribution in [0.3, 0.4) is 0 Å². The summed E-state index contributed by atoms with van der Waals surface area (Å²) in [5.74, 6) is 0.597. The summed E-state index contributed by atoms with van der Waals surface area (Å²) in [7, 11) is 0. The van der Waals surface area contributed by atoms with Crippen LogP contribution in [0.15, 0.2) is 24.3 Å². The molecule has 0 aliphatic carbocycles. The van der Waals surface area contributed by atoms with Gasteiger partial charge in [-0.1, -0.05) is 29.3 Å². The van der Waals surface area contributed by atoms with Gasteiger partial charge in [0.1, 0.15) is 10.6 Å². The molecular formula is C13H8Cl3N3S. The lowest BCUT2D eigenvalue weighted by Crippen LogP contribution is -1.97. The smallest absolute Gasteiger partial charge is 0.225 e. The van der Waals surface area contributed by atoms with E-state index in [-0.39, 0.29) is 5.28 Å². The fraction of sp³-hybridized carbons (Fsp3) is 0.0769. The highest BCUT2D eigenvalue weighted by Crippen LogP contribution is 2.36. The van der Waals surface area contributed by atoms with E-state index in [0.717, 1.165) is 15.1 Å². The highest BCUT2D eigenvalue weighted by atomic mass is 35.5. The van der Waals surface area contributed by atoms with Crippen LogP contribution in [-0.2, 0) is 0 Å². The van der Waals surface area contributed by atoms with Gasteiger partial charge in [-0.25, -0.2) is 4.98 Å². The number of halogens is 3. The molecule has 0 saturated carbocycles. The number of hydrogen-bond acceptors (Lipinski definition) is 4. The molecule has 0 aliphatic rings. The van der Waals surface area contributed by atoms with Crippen molar-refractivity contribution in [2.45, 2.75) is 6.92 Å². The van der Waals surface area contributed by atoms with Crippen LogP contribution in [0.2, 0.25) is 15.3 Å². The zero-order valence-corrected chi connectivity index (χ0v) is 13.3. The van der Waals surface area contributed by atoms with Crippen molar-refractivity contribution >= 4 is 67.9 Å². The second-order valence-electron chi connectivity index (χ2n) is 4.14. The number of aryl methyl sites for hydroxylation is 1. The van der Waals surface area contributed by atoms with E-state index in [0.29, 0.717) is 21.6 Å². The third-order valence-corrected chi connectivity index (χ3v) is 4.44. The maximum absolute atomic E-state index is 6.15. The summed E-state index contributed by atoms with van der Waals surface area (Å²) in [6, 6.07) is 7.31. The van der Waals surface area contributed by atoms with Crippen molar-refractivity contribution < 1.29 is 0 Å². The van der Waals surface area contributed by atoms with Crippen LogP contribution in [-0.4, -0.2) is 9.97 Å². The summed E-state index contributed by atoms with van der Waals surface area (Å²) in [5, 5.41) is 5.27. The highest BCUT2D eigenvalue weighted by Gasteiger charge is 2.13. The lowest BCUT2D eigenvalue weighted by molar-refractivity contribution is 1.23. The van der Waals surface area contributed by atoms with E-state index in [1.807, 2.05) is 13.0 Å². The van der Waals surface area contributed by atoms with Gasteiger partial charge in [-0.15, -0.1) is 11.3 Å². The molecule has 1 N–H and O–H groups in total. The largest absolute Gasteiger partial charge is 0.337 e. The van der Waals surface area contributed by atoms with Gasteiger partial charge < -0.3 is 5.32 Å². The first kappa shape index (κ1) is 13.9. The van der Waals surface area contributed by atoms with Gasteiger partial charge >= 0.3 is 0 Å². The minimum absolute atomic E-state index is 0.185. The van der Waals surface area contributed by atoms with Crippen LogP contribution in [0.5, 0.6) is 0 Å². The van der Waals surface area contributed by atoms with Gasteiger partial charge in [-0.2, -0.15) is 4.98 Å². The number of rotatable bonds is 2. The molecule has 0 atom stereocenters. The summed E-state index contributed by atoms with van der Waals surface area (Å²) >= 11 is 19.8. The third kappa shape index (κ3) is 2.56. The Kier molecular flexibility index (Phi) is 3.73. The van der Waals surface area contributed by atoms with Crippen LogP contribution >= 0.6 is 46.1 Å². The first-order chi connectivity index (χ1) is 9.54. The Bertz CT molecular complexity index is 781. The number of benzene rings is 1. The normalized spacial score (nSPS) is 11.0. The Balaban J connectivity index is 2.15. The predicted octanol–water partition coefficient (Wildman–Crippen LogP) is 5.70. The maximum atomic E-state index is 6.15. The standard InChI is InChI=1S/C13H8Cl3N3S/c1-6-5-7-11(18-13(16)19-12(7)20-6)17-10-8(14)3-2-4-9(10)15/h2-5H,1H3,(H,17,18,19). The molecular weight excluding hydrogens is 337 g/mol. The summed E-state index contributed by atoms with van der Waals surface area (Å²) < 4.78 is 0. The molecule has 3 nitrogen and oxygen atoms in total. The number of nitrogens with zero attached hydrogens (tertiary/aromatic N) is 2. The summed E-state index contributed by atoms with van der Waals surface area (Å²) in [6.07, 6.45) is 0. The lowest BCUT2D eigenvalue weighted by Gasteiger charge is -2.10. The molecule has 102 valence electrons. The molecule has 0 spiro atoms. The topological polar surface area (TPSA) is 37.8 Å². The van der Waals surface area contributed by atoms with E-state index >= 15 is 0 Å². The predicted molar refractivity (Wildman–Crippen MR) is 86.9 cm³/mol. The molecule has 7 heteroatoms. The fourth-order valence-electron chi connectivity index (χ4n) is 1.85. The summed E-state index contributed by atoms with van der Waals surface area (Å²) in [4.78, 5) is 10.4. The Morgan fingerprint density at radius 3 is 2.50 bits per heavy atom. The van der Waals surface area contributed by atoms with E-state index < -0.39 is 0 Å². The van der Waals surface area contributed by atoms with Gasteiger partial charge in [0.05, 0.1) is 21.1 Å². The van der Waals surface area contributed by atoms with Crippen LogP contribution in [0.4, 0.5) is 11.5 Å². The third-order valence-electron chi connectivity index (χ3n) is 2.69. The molecule has 0 bridgehead atoms. The number of thiophene rings is 1. The van der Waals surface area contributed by atoms with Gasteiger partial charge in [0.25, 0.3) is 0 Å². The molecule has 0 saturated heterocycles. The Morgan fingerprint density at radius 1 is 1.10 bits per heavy atom. The molecule has 3 aromatic rings. The van der Waals surface area contributed by atoms with Gasteiger partial charge in [0, 0.05) is 4.88 Å². The van der Waals surface area contributed by atoms with E-state index in [9.17, 15) is 0 Å². The van der Waals surface area contributed by atoms with Crippen molar-refractivity contribution in [2.75, 3.05) is 5.32 Å². The molecule has 1 aromatic carbocycles. The quantitative estimate of drug-likeness (QED) is 0.606. The van der Waals surface area contributed by atoms with Crippen LogP contribution in [0.25, 0.3) is 10.2 Å². The molecule has 0 amide bonds. The second kappa shape index (κ2) is 5.37. The molecule has 3 rings (SSSR count). The maximum Gasteiger partial charge on any atom is 0.225 e. The Morgan fingerprint density at radius 2 is 1.80 bits per heavy atom. The van der Waals surface area contributed by atoms with E-state index in [4.69, 9.17) is 34.8 Å². The van der Waals surface area contributed by atoms with E-state index in [1.165, 1.54) is 0 Å². The Labute approximate surface area is 134 Å². The van der Waals surface area contributed by atoms with Gasteiger partial charge in [-0.3, -0.25) is 0 Å². The zero-order chi connectivity index (χ0) is 14.3. The molecule has 2 heterocycles. The van der Waals surface area contributed by atoms with Crippen LogP contribution in [0, 0.1) is 6.92 Å². The minimum atomic E-state index is 0.185. The lowest BCUT2D eigenvalue weighted by atomic mass is 10.3. The second-order valence-corrected chi connectivity index (χ2v) is 6.53. The summed E-state index contributed by atoms with van der Waals surface area (Å²) in [5.41, 5.74) is 0.607. The van der Waals surface area contributed by atoms with E-state index in [2.05, 4.69) is 15.3 Å². The highest BCUT2D eigenvalue weighted by molar-refractivity contribution is 7.18. The first-order valence-electron chi connectivity index (χ1n) is 5.69. The minimum Gasteiger partial charge on any atom is -0.337 e. The van der Waals surface area contributed by atoms with Crippen molar-refractivity contribution in [3.05, 3.63) is 44.5 Å². The number of hydrogen-bond donors (Lipinski definition) is 1. The number of anilines is 2. The molecule has 0 fully saturated rings. The van der Waals surface area contributed by atoms with Gasteiger partial charge in [0.15, 0.2) is 0 Å². The first-order valence-corrected chi connectivity index (χ1v) is 7.64. The summed E-state index contributed by atoms with van der Waals surface area (Å²) in [6.45, 7) is 2.01. The van der Waals surface area contributed by atoms with Crippen molar-refractivity contribution in [3.8, 4) is 0 Å². The van der Waals surface area contributed by atoms with E-state index in [1.54, 1.807) is 29.5 Å². The molecule has 2 aromatic heterocycles. The Hall–Kier alpha value is -1.07. The number of fused-ring (bicyclic) bond motifs is 1. The van der Waals surface area contributed by atoms with Crippen molar-refractivity contribution in [2.24, 2.45) is 0 Å². The number of para-hydroxylation sites is 1. The average molecular weight is 345 g/mol. The van der Waals surface area contributed by atoms with Crippen molar-refractivity contribution in [3.63, 3.8) is 0 Å². The average Bonchev–Trinajstić information content (AvgIpc) is 2.74. The van der Waals surface area contributed by atoms with Crippen LogP contribution < -0.4 is 5.32 Å².